The van der Waals surface area contributed by atoms with Crippen LogP contribution in [-0.2, 0) is 6.54 Å². The lowest BCUT2D eigenvalue weighted by Gasteiger charge is -2.36. The molecule has 1 aromatic carbocycles. The van der Waals surface area contributed by atoms with E-state index in [1.54, 1.807) is 6.20 Å². The van der Waals surface area contributed by atoms with Crippen molar-refractivity contribution in [3.63, 3.8) is 0 Å². The van der Waals surface area contributed by atoms with Crippen molar-refractivity contribution in [2.24, 2.45) is 0 Å². The Morgan fingerprint density at radius 1 is 0.962 bits per heavy atom. The molecule has 0 atom stereocenters. The molecule has 0 amide bonds. The summed E-state index contributed by atoms with van der Waals surface area (Å²) in [5.41, 5.74) is 2.63. The van der Waals surface area contributed by atoms with Crippen LogP contribution in [0.1, 0.15) is 17.2 Å². The van der Waals surface area contributed by atoms with Crippen LogP contribution in [0.5, 0.6) is 0 Å². The number of aryl methyl sites for hydroxylation is 2. The second-order valence-electron chi connectivity index (χ2n) is 6.78. The molecule has 26 heavy (non-hydrogen) atoms. The zero-order chi connectivity index (χ0) is 17.9. The summed E-state index contributed by atoms with van der Waals surface area (Å²) >= 11 is 0. The standard InChI is InChI=1S/C20H24N6/c1-16-6-5-7-18(14-16)25-12-10-24(11-13-25)15-20-22-17(2)23-26(20)19-8-3-4-9-21-19/h3-9,14H,10-13,15H2,1-2H3. The Kier molecular flexibility index (Phi) is 4.67. The molecule has 6 heteroatoms. The molecule has 0 radical (unpaired) electrons. The third-order valence-corrected chi connectivity index (χ3v) is 4.75. The molecule has 4 rings (SSSR count). The number of benzene rings is 1. The minimum atomic E-state index is 0.782. The molecule has 2 aromatic heterocycles. The summed E-state index contributed by atoms with van der Waals surface area (Å²) in [4.78, 5) is 13.9. The lowest BCUT2D eigenvalue weighted by molar-refractivity contribution is 0.242. The molecule has 3 aromatic rings. The molecule has 134 valence electrons. The van der Waals surface area contributed by atoms with Gasteiger partial charge in [0.05, 0.1) is 6.54 Å². The van der Waals surface area contributed by atoms with Crippen molar-refractivity contribution in [2.75, 3.05) is 31.1 Å². The minimum absolute atomic E-state index is 0.782. The number of aromatic nitrogens is 4. The van der Waals surface area contributed by atoms with Gasteiger partial charge in [-0.1, -0.05) is 18.2 Å². The highest BCUT2D eigenvalue weighted by Crippen LogP contribution is 2.19. The fourth-order valence-corrected chi connectivity index (χ4v) is 3.41. The zero-order valence-electron chi connectivity index (χ0n) is 15.3. The number of pyridine rings is 1. The van der Waals surface area contributed by atoms with E-state index in [1.165, 1.54) is 11.3 Å². The second kappa shape index (κ2) is 7.25. The van der Waals surface area contributed by atoms with Crippen LogP contribution >= 0.6 is 0 Å². The maximum absolute atomic E-state index is 4.63. The van der Waals surface area contributed by atoms with Gasteiger partial charge in [-0.05, 0) is 43.7 Å². The fourth-order valence-electron chi connectivity index (χ4n) is 3.41. The first-order valence-electron chi connectivity index (χ1n) is 9.07. The van der Waals surface area contributed by atoms with E-state index >= 15 is 0 Å². The second-order valence-corrected chi connectivity index (χ2v) is 6.78. The number of anilines is 1. The predicted octanol–water partition coefficient (Wildman–Crippen LogP) is 2.60. The predicted molar refractivity (Wildman–Crippen MR) is 103 cm³/mol. The van der Waals surface area contributed by atoms with Crippen molar-refractivity contribution in [3.05, 3.63) is 65.9 Å². The number of piperazine rings is 1. The van der Waals surface area contributed by atoms with Crippen molar-refractivity contribution < 1.29 is 0 Å². The molecule has 0 N–H and O–H groups in total. The van der Waals surface area contributed by atoms with Gasteiger partial charge in [0.15, 0.2) is 5.82 Å². The third kappa shape index (κ3) is 3.60. The van der Waals surface area contributed by atoms with Crippen molar-refractivity contribution >= 4 is 5.69 Å². The highest BCUT2D eigenvalue weighted by molar-refractivity contribution is 5.48. The van der Waals surface area contributed by atoms with Crippen molar-refractivity contribution in [1.82, 2.24) is 24.6 Å². The van der Waals surface area contributed by atoms with Crippen LogP contribution in [-0.4, -0.2) is 50.8 Å². The molecule has 6 nitrogen and oxygen atoms in total. The van der Waals surface area contributed by atoms with Gasteiger partial charge in [-0.15, -0.1) is 5.10 Å². The average Bonchev–Trinajstić information content (AvgIpc) is 3.03. The molecule has 1 fully saturated rings. The van der Waals surface area contributed by atoms with E-state index in [2.05, 4.69) is 56.1 Å². The Labute approximate surface area is 154 Å². The van der Waals surface area contributed by atoms with E-state index in [1.807, 2.05) is 29.8 Å². The Morgan fingerprint density at radius 3 is 2.54 bits per heavy atom. The SMILES string of the molecule is Cc1cccc(N2CCN(Cc3nc(C)nn3-c3ccccn3)CC2)c1. The summed E-state index contributed by atoms with van der Waals surface area (Å²) < 4.78 is 1.86. The largest absolute Gasteiger partial charge is 0.369 e. The fraction of sp³-hybridized carbons (Fsp3) is 0.350. The van der Waals surface area contributed by atoms with Crippen LogP contribution < -0.4 is 4.90 Å². The summed E-state index contributed by atoms with van der Waals surface area (Å²) in [6, 6.07) is 14.6. The summed E-state index contributed by atoms with van der Waals surface area (Å²) in [7, 11) is 0. The third-order valence-electron chi connectivity index (χ3n) is 4.75. The lowest BCUT2D eigenvalue weighted by Crippen LogP contribution is -2.46. The van der Waals surface area contributed by atoms with Crippen LogP contribution in [0.25, 0.3) is 5.82 Å². The molecular weight excluding hydrogens is 324 g/mol. The van der Waals surface area contributed by atoms with Gasteiger partial charge in [0, 0.05) is 38.1 Å². The molecule has 1 saturated heterocycles. The van der Waals surface area contributed by atoms with Gasteiger partial charge in [-0.2, -0.15) is 4.68 Å². The zero-order valence-corrected chi connectivity index (χ0v) is 15.3. The van der Waals surface area contributed by atoms with E-state index in [0.717, 1.165) is 50.2 Å². The van der Waals surface area contributed by atoms with Gasteiger partial charge in [-0.3, -0.25) is 4.90 Å². The van der Waals surface area contributed by atoms with E-state index < -0.39 is 0 Å². The molecular formula is C20H24N6. The maximum atomic E-state index is 4.63. The van der Waals surface area contributed by atoms with E-state index in [-0.39, 0.29) is 0 Å². The molecule has 0 spiro atoms. The average molecular weight is 348 g/mol. The lowest BCUT2D eigenvalue weighted by atomic mass is 10.2. The highest BCUT2D eigenvalue weighted by atomic mass is 15.4. The molecule has 0 bridgehead atoms. The minimum Gasteiger partial charge on any atom is -0.369 e. The Balaban J connectivity index is 1.44. The van der Waals surface area contributed by atoms with Gasteiger partial charge < -0.3 is 4.90 Å². The van der Waals surface area contributed by atoms with E-state index in [4.69, 9.17) is 0 Å². The van der Waals surface area contributed by atoms with E-state index in [9.17, 15) is 0 Å². The first-order valence-corrected chi connectivity index (χ1v) is 9.07. The van der Waals surface area contributed by atoms with Gasteiger partial charge in [0.2, 0.25) is 0 Å². The van der Waals surface area contributed by atoms with Crippen LogP contribution in [0.2, 0.25) is 0 Å². The van der Waals surface area contributed by atoms with Gasteiger partial charge in [0.1, 0.15) is 11.6 Å². The molecule has 3 heterocycles. The quantitative estimate of drug-likeness (QED) is 0.725. The Morgan fingerprint density at radius 2 is 1.81 bits per heavy atom. The summed E-state index contributed by atoms with van der Waals surface area (Å²) in [6.45, 7) is 8.95. The molecule has 0 unspecified atom stereocenters. The normalized spacial score (nSPS) is 15.4. The molecule has 1 aliphatic heterocycles. The van der Waals surface area contributed by atoms with Crippen molar-refractivity contribution in [2.45, 2.75) is 20.4 Å². The first-order chi connectivity index (χ1) is 12.7. The number of hydrogen-bond donors (Lipinski definition) is 0. The summed E-state index contributed by atoms with van der Waals surface area (Å²) in [5, 5.41) is 4.52. The topological polar surface area (TPSA) is 50.1 Å². The number of hydrogen-bond acceptors (Lipinski definition) is 5. The summed E-state index contributed by atoms with van der Waals surface area (Å²) in [6.07, 6.45) is 1.79. The smallest absolute Gasteiger partial charge is 0.155 e. The number of rotatable bonds is 4. The molecule has 1 aliphatic rings. The Bertz CT molecular complexity index is 865. The molecule has 0 saturated carbocycles. The maximum Gasteiger partial charge on any atom is 0.155 e. The monoisotopic (exact) mass is 348 g/mol. The summed E-state index contributed by atoms with van der Waals surface area (Å²) in [5.74, 6) is 2.55. The van der Waals surface area contributed by atoms with E-state index in [0.29, 0.717) is 0 Å². The molecule has 0 aliphatic carbocycles. The van der Waals surface area contributed by atoms with Gasteiger partial charge in [-0.25, -0.2) is 9.97 Å². The van der Waals surface area contributed by atoms with Crippen LogP contribution in [0.4, 0.5) is 5.69 Å². The van der Waals surface area contributed by atoms with Crippen LogP contribution in [0.3, 0.4) is 0 Å². The van der Waals surface area contributed by atoms with Gasteiger partial charge >= 0.3 is 0 Å². The van der Waals surface area contributed by atoms with Crippen LogP contribution in [0, 0.1) is 13.8 Å². The Hall–Kier alpha value is -2.73. The highest BCUT2D eigenvalue weighted by Gasteiger charge is 2.20. The van der Waals surface area contributed by atoms with Gasteiger partial charge in [0.25, 0.3) is 0 Å². The van der Waals surface area contributed by atoms with Crippen molar-refractivity contribution in [1.29, 1.82) is 0 Å². The number of nitrogens with zero attached hydrogens (tertiary/aromatic N) is 6. The van der Waals surface area contributed by atoms with Crippen LogP contribution in [0.15, 0.2) is 48.7 Å². The van der Waals surface area contributed by atoms with Crippen molar-refractivity contribution in [3.8, 4) is 5.82 Å². The first kappa shape index (κ1) is 16.7.